The Morgan fingerprint density at radius 3 is 2.37 bits per heavy atom. The molecule has 1 aromatic heterocycles. The number of piperazine rings is 1. The average molecular weight is 424 g/mol. The highest BCUT2D eigenvalue weighted by Crippen LogP contribution is 2.23. The van der Waals surface area contributed by atoms with E-state index in [1.165, 1.54) is 5.56 Å². The van der Waals surface area contributed by atoms with Gasteiger partial charge < -0.3 is 11.1 Å². The first kappa shape index (κ1) is 20.5. The molecule has 3 N–H and O–H groups in total. The van der Waals surface area contributed by atoms with E-state index in [2.05, 4.69) is 60.4 Å². The third-order valence-electron chi connectivity index (χ3n) is 5.22. The van der Waals surface area contributed by atoms with Crippen molar-refractivity contribution in [3.63, 3.8) is 0 Å². The van der Waals surface area contributed by atoms with Gasteiger partial charge in [0, 0.05) is 43.4 Å². The first-order valence-electron chi connectivity index (χ1n) is 10.1. The van der Waals surface area contributed by atoms with Crippen molar-refractivity contribution < 1.29 is 0 Å². The Kier molecular flexibility index (Phi) is 6.42. The van der Waals surface area contributed by atoms with Crippen LogP contribution in [-0.4, -0.2) is 50.9 Å². The van der Waals surface area contributed by atoms with Crippen LogP contribution in [0.15, 0.2) is 48.5 Å². The molecule has 1 aliphatic rings. The van der Waals surface area contributed by atoms with Crippen molar-refractivity contribution in [3.05, 3.63) is 70.5 Å². The lowest BCUT2D eigenvalue weighted by atomic mass is 10.2. The van der Waals surface area contributed by atoms with E-state index < -0.39 is 0 Å². The lowest BCUT2D eigenvalue weighted by Gasteiger charge is -2.34. The fourth-order valence-electron chi connectivity index (χ4n) is 3.56. The third kappa shape index (κ3) is 5.44. The van der Waals surface area contributed by atoms with Gasteiger partial charge in [-0.05, 0) is 30.2 Å². The molecular weight excluding hydrogens is 398 g/mol. The van der Waals surface area contributed by atoms with Crippen LogP contribution in [-0.2, 0) is 13.1 Å². The number of hydrogen-bond acceptors (Lipinski definition) is 7. The van der Waals surface area contributed by atoms with Crippen LogP contribution < -0.4 is 11.1 Å². The molecule has 3 aromatic rings. The molecule has 0 unspecified atom stereocenters. The summed E-state index contributed by atoms with van der Waals surface area (Å²) in [5, 5.41) is 3.86. The van der Waals surface area contributed by atoms with Crippen molar-refractivity contribution >= 4 is 29.2 Å². The minimum Gasteiger partial charge on any atom is -0.368 e. The molecule has 30 heavy (non-hydrogen) atoms. The molecule has 4 rings (SSSR count). The standard InChI is InChI=1S/C22H26ClN7/c1-16-7-8-18(23)13-19(16)25-22-27-20(26-21(24)28-22)15-30-11-9-29(10-12-30)14-17-5-3-2-4-6-17/h2-8,13H,9-12,14-15H2,1H3,(H3,24,25,26,27,28). The van der Waals surface area contributed by atoms with E-state index in [0.29, 0.717) is 23.3 Å². The summed E-state index contributed by atoms with van der Waals surface area (Å²) in [5.41, 5.74) is 9.19. The molecule has 0 radical (unpaired) electrons. The van der Waals surface area contributed by atoms with Gasteiger partial charge in [-0.3, -0.25) is 9.80 Å². The van der Waals surface area contributed by atoms with Gasteiger partial charge in [0.1, 0.15) is 5.82 Å². The van der Waals surface area contributed by atoms with E-state index in [4.69, 9.17) is 17.3 Å². The van der Waals surface area contributed by atoms with Crippen molar-refractivity contribution in [3.8, 4) is 0 Å². The molecule has 0 atom stereocenters. The van der Waals surface area contributed by atoms with E-state index in [-0.39, 0.29) is 5.95 Å². The Morgan fingerprint density at radius 2 is 1.63 bits per heavy atom. The fraction of sp³-hybridized carbons (Fsp3) is 0.318. The van der Waals surface area contributed by atoms with E-state index >= 15 is 0 Å². The number of nitrogens with zero attached hydrogens (tertiary/aromatic N) is 5. The van der Waals surface area contributed by atoms with Gasteiger partial charge in [0.2, 0.25) is 11.9 Å². The molecule has 156 valence electrons. The molecule has 1 saturated heterocycles. The molecule has 1 aliphatic heterocycles. The summed E-state index contributed by atoms with van der Waals surface area (Å²) in [4.78, 5) is 18.0. The minimum absolute atomic E-state index is 0.213. The molecule has 0 amide bonds. The normalized spacial score (nSPS) is 15.3. The first-order chi connectivity index (χ1) is 14.5. The van der Waals surface area contributed by atoms with Gasteiger partial charge in [0.05, 0.1) is 6.54 Å². The van der Waals surface area contributed by atoms with Crippen LogP contribution in [0.3, 0.4) is 0 Å². The van der Waals surface area contributed by atoms with Gasteiger partial charge in [-0.1, -0.05) is 48.0 Å². The lowest BCUT2D eigenvalue weighted by Crippen LogP contribution is -2.45. The maximum Gasteiger partial charge on any atom is 0.232 e. The number of halogens is 1. The SMILES string of the molecule is Cc1ccc(Cl)cc1Nc1nc(N)nc(CN2CCN(Cc3ccccc3)CC2)n1. The minimum atomic E-state index is 0.213. The number of rotatable bonds is 6. The summed E-state index contributed by atoms with van der Waals surface area (Å²) in [6, 6.07) is 16.2. The molecule has 0 saturated carbocycles. The number of hydrogen-bond donors (Lipinski definition) is 2. The van der Waals surface area contributed by atoms with Gasteiger partial charge in [-0.25, -0.2) is 0 Å². The number of nitrogens with one attached hydrogen (secondary N) is 1. The van der Waals surface area contributed by atoms with Crippen molar-refractivity contribution in [2.45, 2.75) is 20.0 Å². The summed E-state index contributed by atoms with van der Waals surface area (Å²) in [5.74, 6) is 1.32. The quantitative estimate of drug-likeness (QED) is 0.627. The fourth-order valence-corrected chi connectivity index (χ4v) is 3.73. The molecule has 0 bridgehead atoms. The monoisotopic (exact) mass is 423 g/mol. The zero-order chi connectivity index (χ0) is 20.9. The Hall–Kier alpha value is -2.74. The Balaban J connectivity index is 1.36. The summed E-state index contributed by atoms with van der Waals surface area (Å²) in [6.07, 6.45) is 0. The number of aryl methyl sites for hydroxylation is 1. The predicted octanol–water partition coefficient (Wildman–Crippen LogP) is 3.48. The Labute approximate surface area is 181 Å². The molecule has 2 heterocycles. The summed E-state index contributed by atoms with van der Waals surface area (Å²) in [7, 11) is 0. The van der Waals surface area contributed by atoms with Crippen LogP contribution in [0.5, 0.6) is 0 Å². The lowest BCUT2D eigenvalue weighted by molar-refractivity contribution is 0.120. The summed E-state index contributed by atoms with van der Waals surface area (Å²) < 4.78 is 0. The largest absolute Gasteiger partial charge is 0.368 e. The highest BCUT2D eigenvalue weighted by molar-refractivity contribution is 6.30. The van der Waals surface area contributed by atoms with Gasteiger partial charge in [0.15, 0.2) is 0 Å². The van der Waals surface area contributed by atoms with Gasteiger partial charge >= 0.3 is 0 Å². The maximum absolute atomic E-state index is 6.11. The van der Waals surface area contributed by atoms with Crippen molar-refractivity contribution in [2.75, 3.05) is 37.2 Å². The van der Waals surface area contributed by atoms with Crippen LogP contribution in [0.2, 0.25) is 5.02 Å². The zero-order valence-corrected chi connectivity index (χ0v) is 17.8. The van der Waals surface area contributed by atoms with Crippen molar-refractivity contribution in [1.29, 1.82) is 0 Å². The van der Waals surface area contributed by atoms with Gasteiger partial charge in [0.25, 0.3) is 0 Å². The van der Waals surface area contributed by atoms with Gasteiger partial charge in [-0.15, -0.1) is 0 Å². The number of anilines is 3. The molecule has 0 aliphatic carbocycles. The highest BCUT2D eigenvalue weighted by Gasteiger charge is 2.18. The summed E-state index contributed by atoms with van der Waals surface area (Å²) in [6.45, 7) is 7.60. The average Bonchev–Trinajstić information content (AvgIpc) is 2.73. The van der Waals surface area contributed by atoms with E-state index in [9.17, 15) is 0 Å². The predicted molar refractivity (Wildman–Crippen MR) is 121 cm³/mol. The first-order valence-corrected chi connectivity index (χ1v) is 10.5. The van der Waals surface area contributed by atoms with Crippen LogP contribution in [0.1, 0.15) is 17.0 Å². The highest BCUT2D eigenvalue weighted by atomic mass is 35.5. The second-order valence-electron chi connectivity index (χ2n) is 7.56. The molecule has 7 nitrogen and oxygen atoms in total. The number of nitrogen functional groups attached to an aromatic ring is 1. The number of benzene rings is 2. The second kappa shape index (κ2) is 9.38. The smallest absolute Gasteiger partial charge is 0.232 e. The molecule has 2 aromatic carbocycles. The van der Waals surface area contributed by atoms with E-state index in [1.807, 2.05) is 25.1 Å². The molecule has 1 fully saturated rings. The number of nitrogens with two attached hydrogens (primary N) is 1. The molecular formula is C22H26ClN7. The third-order valence-corrected chi connectivity index (χ3v) is 5.46. The second-order valence-corrected chi connectivity index (χ2v) is 7.99. The number of aromatic nitrogens is 3. The van der Waals surface area contributed by atoms with E-state index in [0.717, 1.165) is 44.0 Å². The van der Waals surface area contributed by atoms with Crippen molar-refractivity contribution in [2.24, 2.45) is 0 Å². The van der Waals surface area contributed by atoms with E-state index in [1.54, 1.807) is 0 Å². The molecule has 8 heteroatoms. The van der Waals surface area contributed by atoms with Crippen LogP contribution >= 0.6 is 11.6 Å². The molecule has 0 spiro atoms. The maximum atomic E-state index is 6.11. The Morgan fingerprint density at radius 1 is 0.933 bits per heavy atom. The van der Waals surface area contributed by atoms with Crippen LogP contribution in [0.4, 0.5) is 17.6 Å². The van der Waals surface area contributed by atoms with Gasteiger partial charge in [-0.2, -0.15) is 15.0 Å². The Bertz CT molecular complexity index is 988. The zero-order valence-electron chi connectivity index (χ0n) is 17.1. The topological polar surface area (TPSA) is 83.2 Å². The van der Waals surface area contributed by atoms with Crippen LogP contribution in [0, 0.1) is 6.92 Å². The summed E-state index contributed by atoms with van der Waals surface area (Å²) >= 11 is 6.11. The van der Waals surface area contributed by atoms with Crippen LogP contribution in [0.25, 0.3) is 0 Å². The van der Waals surface area contributed by atoms with Crippen molar-refractivity contribution in [1.82, 2.24) is 24.8 Å².